The predicted octanol–water partition coefficient (Wildman–Crippen LogP) is 1.12. The van der Waals surface area contributed by atoms with Gasteiger partial charge in [0.2, 0.25) is 0 Å². The summed E-state index contributed by atoms with van der Waals surface area (Å²) < 4.78 is 0. The van der Waals surface area contributed by atoms with Crippen LogP contribution in [0.3, 0.4) is 0 Å². The van der Waals surface area contributed by atoms with Gasteiger partial charge in [0.05, 0.1) is 0 Å². The molecule has 0 aliphatic carbocycles. The van der Waals surface area contributed by atoms with Crippen molar-refractivity contribution in [1.82, 2.24) is 0 Å². The molecule has 0 amide bonds. The van der Waals surface area contributed by atoms with E-state index < -0.39 is 0 Å². The first-order valence-electron chi connectivity index (χ1n) is 4.94. The van der Waals surface area contributed by atoms with E-state index in [0.29, 0.717) is 0 Å². The van der Waals surface area contributed by atoms with Gasteiger partial charge >= 0.3 is 21.7 Å². The summed E-state index contributed by atoms with van der Waals surface area (Å²) in [5.74, 6) is 0. The van der Waals surface area contributed by atoms with E-state index in [9.17, 15) is 0 Å². The molecule has 6 heteroatoms. The van der Waals surface area contributed by atoms with Crippen LogP contribution in [0.5, 0.6) is 0 Å². The zero-order chi connectivity index (χ0) is 15.3. The molecule has 0 aliphatic heterocycles. The molecule has 0 spiro atoms. The summed E-state index contributed by atoms with van der Waals surface area (Å²) in [6.07, 6.45) is 4.17. The van der Waals surface area contributed by atoms with Crippen molar-refractivity contribution in [2.75, 3.05) is 0 Å². The fraction of sp³-hybridized carbons (Fsp3) is 0.750. The maximum Gasteiger partial charge on any atom is 3.00 e. The van der Waals surface area contributed by atoms with Crippen molar-refractivity contribution in [2.24, 2.45) is 0 Å². The van der Waals surface area contributed by atoms with Crippen LogP contribution in [0.1, 0.15) is 48.5 Å². The third-order valence-electron chi connectivity index (χ3n) is 0. The Labute approximate surface area is 126 Å². The van der Waals surface area contributed by atoms with Gasteiger partial charge in [0, 0.05) is 12.2 Å². The van der Waals surface area contributed by atoms with Crippen LogP contribution in [0.4, 0.5) is 0 Å². The predicted molar refractivity (Wildman–Crippen MR) is 68.8 cm³/mol. The summed E-state index contributed by atoms with van der Waals surface area (Å²) >= 11 is 0. The van der Waals surface area contributed by atoms with Crippen LogP contribution in [0, 0.1) is 0 Å². The number of hydrogen-bond acceptors (Lipinski definition) is 5. The van der Waals surface area contributed by atoms with Crippen molar-refractivity contribution >= 4 is 18.9 Å². The molecule has 0 aromatic rings. The molecule has 0 saturated heterocycles. The van der Waals surface area contributed by atoms with Crippen LogP contribution in [0.25, 0.3) is 0 Å². The topological polar surface area (TPSA) is 91.7 Å². The van der Waals surface area contributed by atoms with E-state index in [2.05, 4.69) is 0 Å². The molecule has 1 radical (unpaired) electrons. The molecule has 0 unspecified atom stereocenters. The second-order valence-corrected chi connectivity index (χ2v) is 2.80. The largest absolute Gasteiger partial charge is 3.00 e. The molecule has 0 bridgehead atoms. The maximum atomic E-state index is 8.68. The van der Waals surface area contributed by atoms with Crippen molar-refractivity contribution in [3.8, 4) is 0 Å². The zero-order valence-electron chi connectivity index (χ0n) is 12.3. The SMILES string of the molecule is CC(C)O.CC(C)O.C[C-]=O.C[C-]=O.C[C-]=O.[Ti+3]. The van der Waals surface area contributed by atoms with Gasteiger partial charge in [-0.3, -0.25) is 18.9 Å². The van der Waals surface area contributed by atoms with Gasteiger partial charge in [0.25, 0.3) is 0 Å². The monoisotopic (exact) mass is 297 g/mol. The van der Waals surface area contributed by atoms with Crippen molar-refractivity contribution in [3.05, 3.63) is 0 Å². The Hall–Kier alpha value is -0.356. The standard InChI is InChI=1S/2C3H8O.3C2H3O.Ti/c2*1-3(2)4;3*1-2-3;/h2*3-4H,1-2H3;3*1H3;/q;;3*-1;+3. The van der Waals surface area contributed by atoms with Crippen molar-refractivity contribution in [3.63, 3.8) is 0 Å². The fourth-order valence-electron chi connectivity index (χ4n) is 0. The number of aliphatic hydroxyl groups excluding tert-OH is 2. The summed E-state index contributed by atoms with van der Waals surface area (Å²) in [5, 5.41) is 16.1. The molecule has 0 rings (SSSR count). The molecule has 107 valence electrons. The zero-order valence-corrected chi connectivity index (χ0v) is 13.8. The Kier molecular flexibility index (Phi) is 109. The summed E-state index contributed by atoms with van der Waals surface area (Å²) in [4.78, 5) is 26.0. The molecule has 0 aromatic carbocycles. The van der Waals surface area contributed by atoms with Gasteiger partial charge in [0.15, 0.2) is 0 Å². The van der Waals surface area contributed by atoms with E-state index in [0.717, 1.165) is 0 Å². The van der Waals surface area contributed by atoms with Crippen LogP contribution >= 0.6 is 0 Å². The average Bonchev–Trinajstić information content (AvgIpc) is 2.03. The van der Waals surface area contributed by atoms with Crippen LogP contribution in [-0.4, -0.2) is 41.3 Å². The molecular formula is C12H25O5Ti. The minimum Gasteiger partial charge on any atom is -0.542 e. The van der Waals surface area contributed by atoms with Crippen molar-refractivity contribution in [1.29, 1.82) is 0 Å². The maximum absolute atomic E-state index is 8.68. The Balaban J connectivity index is -0.0000000249. The summed E-state index contributed by atoms with van der Waals surface area (Å²) in [7, 11) is 0. The van der Waals surface area contributed by atoms with Crippen molar-refractivity contribution < 1.29 is 46.3 Å². The third-order valence-corrected chi connectivity index (χ3v) is 0. The van der Waals surface area contributed by atoms with Crippen molar-refractivity contribution in [2.45, 2.75) is 60.7 Å². The first-order valence-corrected chi connectivity index (χ1v) is 4.94. The van der Waals surface area contributed by atoms with E-state index in [4.69, 9.17) is 24.6 Å². The molecular weight excluding hydrogens is 272 g/mol. The first kappa shape index (κ1) is 36.1. The Bertz CT molecular complexity index is 102. The number of carbonyl (C=O) groups excluding carboxylic acids is 3. The number of aliphatic hydroxyl groups is 2. The Morgan fingerprint density at radius 2 is 0.667 bits per heavy atom. The molecule has 18 heavy (non-hydrogen) atoms. The molecule has 0 fully saturated rings. The average molecular weight is 297 g/mol. The Morgan fingerprint density at radius 3 is 0.667 bits per heavy atom. The van der Waals surface area contributed by atoms with Gasteiger partial charge in [-0.25, -0.2) is 0 Å². The smallest absolute Gasteiger partial charge is 0.542 e. The van der Waals surface area contributed by atoms with Gasteiger partial charge in [-0.2, -0.15) is 20.8 Å². The number of hydrogen-bond donors (Lipinski definition) is 2. The Morgan fingerprint density at radius 1 is 0.667 bits per heavy atom. The van der Waals surface area contributed by atoms with Gasteiger partial charge in [-0.05, 0) is 27.7 Å². The molecule has 2 N–H and O–H groups in total. The molecule has 0 heterocycles. The van der Waals surface area contributed by atoms with E-state index >= 15 is 0 Å². The van der Waals surface area contributed by atoms with Gasteiger partial charge in [-0.1, -0.05) is 0 Å². The van der Waals surface area contributed by atoms with E-state index in [1.807, 2.05) is 0 Å². The van der Waals surface area contributed by atoms with Gasteiger partial charge < -0.3 is 24.6 Å². The van der Waals surface area contributed by atoms with Gasteiger partial charge in [-0.15, -0.1) is 0 Å². The van der Waals surface area contributed by atoms with E-state index in [1.54, 1.807) is 27.7 Å². The number of rotatable bonds is 0. The van der Waals surface area contributed by atoms with E-state index in [-0.39, 0.29) is 33.9 Å². The third kappa shape index (κ3) is 26500. The quantitative estimate of drug-likeness (QED) is 0.516. The summed E-state index contributed by atoms with van der Waals surface area (Å²) in [5.41, 5.74) is 0. The van der Waals surface area contributed by atoms with Crippen LogP contribution in [-0.2, 0) is 36.1 Å². The summed E-state index contributed by atoms with van der Waals surface area (Å²) in [6, 6.07) is 0. The normalized spacial score (nSPS) is 6.17. The molecule has 0 aromatic heterocycles. The molecule has 0 atom stereocenters. The minimum absolute atomic E-state index is 0. The fourth-order valence-corrected chi connectivity index (χ4v) is 0. The minimum atomic E-state index is -0.167. The van der Waals surface area contributed by atoms with Crippen LogP contribution in [0.15, 0.2) is 0 Å². The molecule has 5 nitrogen and oxygen atoms in total. The molecule has 0 aliphatic rings. The van der Waals surface area contributed by atoms with Crippen LogP contribution in [0.2, 0.25) is 0 Å². The first-order chi connectivity index (χ1) is 7.71. The second kappa shape index (κ2) is 54.5. The molecule has 0 saturated carbocycles. The van der Waals surface area contributed by atoms with E-state index in [1.165, 1.54) is 39.6 Å². The van der Waals surface area contributed by atoms with Crippen LogP contribution < -0.4 is 0 Å². The summed E-state index contributed by atoms with van der Waals surface area (Å²) in [6.45, 7) is 10.8. The van der Waals surface area contributed by atoms with Gasteiger partial charge in [0.1, 0.15) is 0 Å². The second-order valence-electron chi connectivity index (χ2n) is 2.80.